The van der Waals surface area contributed by atoms with E-state index in [1.165, 1.54) is 0 Å². The smallest absolute Gasteiger partial charge is 0.407 e. The van der Waals surface area contributed by atoms with Gasteiger partial charge in [-0.15, -0.1) is 0 Å². The average Bonchev–Trinajstić information content (AvgIpc) is 2.22. The van der Waals surface area contributed by atoms with Crippen LogP contribution in [0.2, 0.25) is 0 Å². The average molecular weight is 317 g/mol. The second-order valence-electron chi connectivity index (χ2n) is 6.96. The number of urea groups is 1. The highest BCUT2D eigenvalue weighted by molar-refractivity contribution is 5.82. The molecule has 0 heterocycles. The van der Waals surface area contributed by atoms with Crippen molar-refractivity contribution >= 4 is 18.1 Å². The number of hydrogen-bond donors (Lipinski definition) is 4. The molecule has 8 nitrogen and oxygen atoms in total. The van der Waals surface area contributed by atoms with E-state index in [1.54, 1.807) is 41.5 Å². The normalized spacial score (nSPS) is 13.0. The molecule has 0 spiro atoms. The Bertz CT molecular complexity index is 410. The maximum absolute atomic E-state index is 11.7. The highest BCUT2D eigenvalue weighted by Crippen LogP contribution is 2.06. The molecular weight excluding hydrogens is 290 g/mol. The van der Waals surface area contributed by atoms with E-state index in [1.807, 2.05) is 0 Å². The van der Waals surface area contributed by atoms with Crippen molar-refractivity contribution in [3.8, 4) is 0 Å². The minimum Gasteiger partial charge on any atom is -0.480 e. The lowest BCUT2D eigenvalue weighted by atomic mass is 10.1. The van der Waals surface area contributed by atoms with Crippen molar-refractivity contribution < 1.29 is 24.2 Å². The molecule has 0 bridgehead atoms. The van der Waals surface area contributed by atoms with Crippen LogP contribution < -0.4 is 16.0 Å². The van der Waals surface area contributed by atoms with Crippen LogP contribution in [0.25, 0.3) is 0 Å². The molecule has 0 aromatic rings. The first-order chi connectivity index (χ1) is 9.80. The van der Waals surface area contributed by atoms with E-state index >= 15 is 0 Å². The number of carbonyl (C=O) groups is 3. The Hall–Kier alpha value is -1.99. The maximum atomic E-state index is 11.7. The van der Waals surface area contributed by atoms with Crippen LogP contribution in [0.4, 0.5) is 9.59 Å². The minimum atomic E-state index is -1.17. The van der Waals surface area contributed by atoms with Gasteiger partial charge in [0, 0.05) is 12.1 Å². The van der Waals surface area contributed by atoms with Gasteiger partial charge in [0.1, 0.15) is 11.6 Å². The molecule has 0 aromatic heterocycles. The molecule has 0 radical (unpaired) electrons. The predicted molar refractivity (Wildman–Crippen MR) is 81.7 cm³/mol. The summed E-state index contributed by atoms with van der Waals surface area (Å²) in [5.41, 5.74) is -1.09. The van der Waals surface area contributed by atoms with Crippen molar-refractivity contribution in [1.29, 1.82) is 0 Å². The van der Waals surface area contributed by atoms with Gasteiger partial charge >= 0.3 is 18.1 Å². The summed E-state index contributed by atoms with van der Waals surface area (Å²) in [4.78, 5) is 34.2. The number of amides is 3. The topological polar surface area (TPSA) is 117 Å². The Kier molecular flexibility index (Phi) is 7.15. The van der Waals surface area contributed by atoms with Gasteiger partial charge in [-0.1, -0.05) is 0 Å². The van der Waals surface area contributed by atoms with Crippen LogP contribution >= 0.6 is 0 Å². The molecule has 3 amide bonds. The van der Waals surface area contributed by atoms with Crippen LogP contribution in [0.5, 0.6) is 0 Å². The third-order valence-corrected chi connectivity index (χ3v) is 2.19. The summed E-state index contributed by atoms with van der Waals surface area (Å²) in [6.45, 7) is 10.6. The van der Waals surface area contributed by atoms with Gasteiger partial charge in [0.15, 0.2) is 0 Å². The molecule has 22 heavy (non-hydrogen) atoms. The van der Waals surface area contributed by atoms with Gasteiger partial charge in [-0.05, 0) is 48.0 Å². The quantitative estimate of drug-likeness (QED) is 0.612. The SMILES string of the molecule is CC(C)(C)NC(=O)N[C@@H](CCNC(=O)OC(C)(C)C)C(=O)O. The Morgan fingerprint density at radius 1 is 1.09 bits per heavy atom. The van der Waals surface area contributed by atoms with Gasteiger partial charge in [-0.3, -0.25) is 0 Å². The van der Waals surface area contributed by atoms with Crippen molar-refractivity contribution in [3.05, 3.63) is 0 Å². The van der Waals surface area contributed by atoms with Crippen LogP contribution in [0.15, 0.2) is 0 Å². The van der Waals surface area contributed by atoms with Crippen LogP contribution in [0.1, 0.15) is 48.0 Å². The van der Waals surface area contributed by atoms with Gasteiger partial charge in [-0.25, -0.2) is 14.4 Å². The third kappa shape index (κ3) is 10.8. The Balaban J connectivity index is 4.30. The van der Waals surface area contributed by atoms with Gasteiger partial charge in [-0.2, -0.15) is 0 Å². The standard InChI is InChI=1S/C14H27N3O5/c1-13(2,3)17-11(20)16-9(10(18)19)7-8-15-12(21)22-14(4,5)6/h9H,7-8H2,1-6H3,(H,15,21)(H,18,19)(H2,16,17,20)/t9-/m0/s1. The lowest BCUT2D eigenvalue weighted by Crippen LogP contribution is -2.52. The second-order valence-corrected chi connectivity index (χ2v) is 6.96. The zero-order chi connectivity index (χ0) is 17.6. The van der Waals surface area contributed by atoms with E-state index in [0.717, 1.165) is 0 Å². The van der Waals surface area contributed by atoms with Gasteiger partial charge in [0.25, 0.3) is 0 Å². The summed E-state index contributed by atoms with van der Waals surface area (Å²) in [6, 6.07) is -1.67. The van der Waals surface area contributed by atoms with Crippen LogP contribution in [0, 0.1) is 0 Å². The molecule has 8 heteroatoms. The lowest BCUT2D eigenvalue weighted by molar-refractivity contribution is -0.139. The number of nitrogens with one attached hydrogen (secondary N) is 3. The van der Waals surface area contributed by atoms with Crippen molar-refractivity contribution in [1.82, 2.24) is 16.0 Å². The molecule has 0 saturated carbocycles. The zero-order valence-corrected chi connectivity index (χ0v) is 14.1. The van der Waals surface area contributed by atoms with E-state index in [-0.39, 0.29) is 13.0 Å². The first-order valence-electron chi connectivity index (χ1n) is 7.08. The highest BCUT2D eigenvalue weighted by atomic mass is 16.6. The van der Waals surface area contributed by atoms with E-state index in [9.17, 15) is 14.4 Å². The zero-order valence-electron chi connectivity index (χ0n) is 14.1. The molecule has 1 atom stereocenters. The Morgan fingerprint density at radius 2 is 1.64 bits per heavy atom. The van der Waals surface area contributed by atoms with Gasteiger partial charge < -0.3 is 25.8 Å². The fourth-order valence-electron chi connectivity index (χ4n) is 1.43. The van der Waals surface area contributed by atoms with Gasteiger partial charge in [0.2, 0.25) is 0 Å². The lowest BCUT2D eigenvalue weighted by Gasteiger charge is -2.23. The highest BCUT2D eigenvalue weighted by Gasteiger charge is 2.23. The second kappa shape index (κ2) is 7.86. The van der Waals surface area contributed by atoms with Crippen LogP contribution in [-0.2, 0) is 9.53 Å². The minimum absolute atomic E-state index is 0.0478. The first-order valence-corrected chi connectivity index (χ1v) is 7.08. The molecule has 0 aliphatic rings. The monoisotopic (exact) mass is 317 g/mol. The molecule has 0 unspecified atom stereocenters. The molecular formula is C14H27N3O5. The molecule has 0 aliphatic carbocycles. The maximum Gasteiger partial charge on any atom is 0.407 e. The number of ether oxygens (including phenoxy) is 1. The van der Waals surface area contributed by atoms with Gasteiger partial charge in [0.05, 0.1) is 0 Å². The molecule has 0 saturated heterocycles. The van der Waals surface area contributed by atoms with E-state index < -0.39 is 35.3 Å². The third-order valence-electron chi connectivity index (χ3n) is 2.19. The van der Waals surface area contributed by atoms with E-state index in [2.05, 4.69) is 16.0 Å². The van der Waals surface area contributed by atoms with Crippen LogP contribution in [0.3, 0.4) is 0 Å². The molecule has 0 aliphatic heterocycles. The summed E-state index contributed by atoms with van der Waals surface area (Å²) < 4.78 is 5.03. The molecule has 0 rings (SSSR count). The van der Waals surface area contributed by atoms with Crippen molar-refractivity contribution in [2.45, 2.75) is 65.1 Å². The number of aliphatic carboxylic acids is 1. The van der Waals surface area contributed by atoms with Crippen molar-refractivity contribution in [3.63, 3.8) is 0 Å². The number of alkyl carbamates (subject to hydrolysis) is 1. The molecule has 0 fully saturated rings. The number of carbonyl (C=O) groups excluding carboxylic acids is 2. The predicted octanol–water partition coefficient (Wildman–Crippen LogP) is 1.45. The summed E-state index contributed by atoms with van der Waals surface area (Å²) in [5, 5.41) is 16.5. The number of rotatable bonds is 5. The van der Waals surface area contributed by atoms with E-state index in [0.29, 0.717) is 0 Å². The largest absolute Gasteiger partial charge is 0.480 e. The summed E-state index contributed by atoms with van der Waals surface area (Å²) in [6.07, 6.45) is -0.581. The molecule has 4 N–H and O–H groups in total. The summed E-state index contributed by atoms with van der Waals surface area (Å²) >= 11 is 0. The van der Waals surface area contributed by atoms with Crippen LogP contribution in [-0.4, -0.2) is 46.9 Å². The van der Waals surface area contributed by atoms with E-state index in [4.69, 9.17) is 9.84 Å². The fraction of sp³-hybridized carbons (Fsp3) is 0.786. The Morgan fingerprint density at radius 3 is 2.05 bits per heavy atom. The number of carboxylic acid groups (broad SMARTS) is 1. The molecule has 0 aromatic carbocycles. The fourth-order valence-corrected chi connectivity index (χ4v) is 1.43. The number of hydrogen-bond acceptors (Lipinski definition) is 4. The summed E-state index contributed by atoms with van der Waals surface area (Å²) in [5.74, 6) is -1.17. The number of carboxylic acids is 1. The summed E-state index contributed by atoms with van der Waals surface area (Å²) in [7, 11) is 0. The van der Waals surface area contributed by atoms with Crippen molar-refractivity contribution in [2.75, 3.05) is 6.54 Å². The molecule has 128 valence electrons. The first kappa shape index (κ1) is 20.0. The van der Waals surface area contributed by atoms with Crippen molar-refractivity contribution in [2.24, 2.45) is 0 Å². The Labute approximate surface area is 131 Å².